The molecule has 0 aliphatic carbocycles. The van der Waals surface area contributed by atoms with E-state index in [9.17, 15) is 8.42 Å². The lowest BCUT2D eigenvalue weighted by atomic mass is 10.1. The monoisotopic (exact) mass is 428 g/mol. The highest BCUT2D eigenvalue weighted by Crippen LogP contribution is 2.24. The van der Waals surface area contributed by atoms with Crippen molar-refractivity contribution in [2.75, 3.05) is 0 Å². The fraction of sp³-hybridized carbons (Fsp3) is 0.481. The molecule has 0 aliphatic heterocycles. The average Bonchev–Trinajstić information content (AvgIpc) is 2.64. The maximum absolute atomic E-state index is 13.4. The first-order valence-electron chi connectivity index (χ1n) is 10.9. The van der Waals surface area contributed by atoms with Crippen molar-refractivity contribution in [3.8, 4) is 0 Å². The van der Waals surface area contributed by atoms with Gasteiger partial charge >= 0.3 is 0 Å². The van der Waals surface area contributed by atoms with Crippen LogP contribution in [0.1, 0.15) is 79.2 Å². The average molecular weight is 429 g/mol. The molecular formula is C27H40O2S. The summed E-state index contributed by atoms with van der Waals surface area (Å²) in [5, 5.41) is -0.537. The van der Waals surface area contributed by atoms with Gasteiger partial charge in [0.15, 0.2) is 9.84 Å². The van der Waals surface area contributed by atoms with Gasteiger partial charge in [0.1, 0.15) is 0 Å². The molecule has 2 nitrogen and oxygen atoms in total. The minimum Gasteiger partial charge on any atom is -0.223 e. The molecule has 166 valence electrons. The maximum atomic E-state index is 13.4. The number of hydrogen-bond donors (Lipinski definition) is 0. The van der Waals surface area contributed by atoms with E-state index >= 15 is 0 Å². The summed E-state index contributed by atoms with van der Waals surface area (Å²) in [7, 11) is -3.43. The second kappa shape index (κ2) is 12.7. The Morgan fingerprint density at radius 3 is 1.80 bits per heavy atom. The number of sulfone groups is 1. The van der Waals surface area contributed by atoms with Crippen molar-refractivity contribution in [3.63, 3.8) is 0 Å². The Morgan fingerprint density at radius 1 is 0.800 bits per heavy atom. The minimum atomic E-state index is -3.43. The molecule has 30 heavy (non-hydrogen) atoms. The predicted octanol–water partition coefficient (Wildman–Crippen LogP) is 7.91. The summed E-state index contributed by atoms with van der Waals surface area (Å²) in [6.45, 7) is 14.5. The summed E-state index contributed by atoms with van der Waals surface area (Å²) in [6, 6.07) is 7.20. The molecule has 0 saturated carbocycles. The van der Waals surface area contributed by atoms with Crippen LogP contribution in [0.4, 0.5) is 0 Å². The smallest absolute Gasteiger partial charge is 0.185 e. The van der Waals surface area contributed by atoms with Gasteiger partial charge in [-0.25, -0.2) is 8.42 Å². The maximum Gasteiger partial charge on any atom is 0.185 e. The van der Waals surface area contributed by atoms with Crippen molar-refractivity contribution in [2.45, 2.75) is 90.7 Å². The van der Waals surface area contributed by atoms with E-state index in [-0.39, 0.29) is 0 Å². The molecule has 0 fully saturated rings. The Balaban J connectivity index is 3.10. The molecule has 3 heteroatoms. The van der Waals surface area contributed by atoms with Gasteiger partial charge in [0, 0.05) is 0 Å². The molecule has 0 saturated heterocycles. The van der Waals surface area contributed by atoms with E-state index < -0.39 is 15.1 Å². The van der Waals surface area contributed by atoms with Crippen molar-refractivity contribution in [1.82, 2.24) is 0 Å². The van der Waals surface area contributed by atoms with Crippen LogP contribution in [0.25, 0.3) is 0 Å². The quantitative estimate of drug-likeness (QED) is 0.335. The highest BCUT2D eigenvalue weighted by molar-refractivity contribution is 7.92. The fourth-order valence-corrected chi connectivity index (χ4v) is 4.81. The summed E-state index contributed by atoms with van der Waals surface area (Å²) in [4.78, 5) is 0.405. The van der Waals surface area contributed by atoms with E-state index in [1.165, 1.54) is 16.7 Å². The SMILES string of the molecule is CC(C)=CCC/C(C)=C/CC(/C=C(\C)CCC=C(C)C)S(=O)(=O)c1ccc(C)cc1. The van der Waals surface area contributed by atoms with E-state index in [1.807, 2.05) is 32.1 Å². The molecule has 0 radical (unpaired) electrons. The second-order valence-electron chi connectivity index (χ2n) is 8.84. The largest absolute Gasteiger partial charge is 0.223 e. The van der Waals surface area contributed by atoms with E-state index in [4.69, 9.17) is 0 Å². The van der Waals surface area contributed by atoms with Crippen molar-refractivity contribution < 1.29 is 8.42 Å². The summed E-state index contributed by atoms with van der Waals surface area (Å²) < 4.78 is 26.8. The lowest BCUT2D eigenvalue weighted by Gasteiger charge is -2.15. The van der Waals surface area contributed by atoms with E-state index in [0.717, 1.165) is 36.8 Å². The van der Waals surface area contributed by atoms with Crippen LogP contribution >= 0.6 is 0 Å². The Kier molecular flexibility index (Phi) is 11.1. The van der Waals surface area contributed by atoms with Crippen LogP contribution in [0.15, 0.2) is 75.8 Å². The number of hydrogen-bond acceptors (Lipinski definition) is 2. The number of benzene rings is 1. The summed E-state index contributed by atoms with van der Waals surface area (Å²) in [5.41, 5.74) is 6.05. The molecule has 0 aliphatic rings. The van der Waals surface area contributed by atoms with Crippen LogP contribution in [0.2, 0.25) is 0 Å². The van der Waals surface area contributed by atoms with Gasteiger partial charge in [0.05, 0.1) is 10.1 Å². The lowest BCUT2D eigenvalue weighted by molar-refractivity contribution is 0.588. The summed E-state index contributed by atoms with van der Waals surface area (Å²) >= 11 is 0. The topological polar surface area (TPSA) is 34.1 Å². The van der Waals surface area contributed by atoms with Crippen molar-refractivity contribution in [1.29, 1.82) is 0 Å². The van der Waals surface area contributed by atoms with Gasteiger partial charge in [0.2, 0.25) is 0 Å². The molecule has 1 rings (SSSR count). The Bertz CT molecular complexity index is 887. The van der Waals surface area contributed by atoms with Crippen molar-refractivity contribution in [3.05, 3.63) is 76.4 Å². The molecule has 0 bridgehead atoms. The van der Waals surface area contributed by atoms with Crippen LogP contribution in [0.3, 0.4) is 0 Å². The van der Waals surface area contributed by atoms with Gasteiger partial charge in [-0.15, -0.1) is 0 Å². The number of rotatable bonds is 11. The van der Waals surface area contributed by atoms with Gasteiger partial charge in [0.25, 0.3) is 0 Å². The first-order valence-corrected chi connectivity index (χ1v) is 12.5. The second-order valence-corrected chi connectivity index (χ2v) is 11.0. The molecule has 0 spiro atoms. The summed E-state index contributed by atoms with van der Waals surface area (Å²) in [5.74, 6) is 0. The molecule has 1 atom stereocenters. The zero-order valence-electron chi connectivity index (χ0n) is 20.0. The molecule has 1 aromatic carbocycles. The van der Waals surface area contributed by atoms with Crippen LogP contribution in [-0.4, -0.2) is 13.7 Å². The summed E-state index contributed by atoms with van der Waals surface area (Å²) in [6.07, 6.45) is 12.8. The number of aryl methyl sites for hydroxylation is 1. The third kappa shape index (κ3) is 9.75. The number of allylic oxidation sites excluding steroid dienone is 7. The van der Waals surface area contributed by atoms with E-state index in [2.05, 4.69) is 52.8 Å². The standard InChI is InChI=1S/C27H40O2S/c1-21(2)10-8-12-23(5)16-19-27(20-25(7)13-9-11-22(3)4)30(28,29)26-17-14-24(6)15-18-26/h10-11,14-18,20,27H,8-9,12-13,19H2,1-7H3/b23-16+,25-20+. The van der Waals surface area contributed by atoms with Gasteiger partial charge < -0.3 is 0 Å². The molecule has 0 aromatic heterocycles. The highest BCUT2D eigenvalue weighted by Gasteiger charge is 2.25. The Labute approximate surface area is 185 Å². The zero-order valence-corrected chi connectivity index (χ0v) is 20.8. The van der Waals surface area contributed by atoms with Gasteiger partial charge in [-0.1, -0.05) is 64.3 Å². The van der Waals surface area contributed by atoms with Crippen LogP contribution in [-0.2, 0) is 9.84 Å². The minimum absolute atomic E-state index is 0.405. The fourth-order valence-electron chi connectivity index (χ4n) is 3.18. The predicted molar refractivity (Wildman–Crippen MR) is 132 cm³/mol. The van der Waals surface area contributed by atoms with Gasteiger partial charge in [-0.3, -0.25) is 0 Å². The van der Waals surface area contributed by atoms with Crippen molar-refractivity contribution >= 4 is 9.84 Å². The molecule has 0 amide bonds. The van der Waals surface area contributed by atoms with Crippen molar-refractivity contribution in [2.24, 2.45) is 0 Å². The Hall–Kier alpha value is -1.87. The van der Waals surface area contributed by atoms with Gasteiger partial charge in [-0.05, 0) is 92.7 Å². The molecule has 0 heterocycles. The molecule has 1 aromatic rings. The van der Waals surface area contributed by atoms with E-state index in [0.29, 0.717) is 11.3 Å². The third-order valence-electron chi connectivity index (χ3n) is 5.10. The first kappa shape index (κ1) is 26.2. The first-order chi connectivity index (χ1) is 14.0. The van der Waals surface area contributed by atoms with Gasteiger partial charge in [-0.2, -0.15) is 0 Å². The Morgan fingerprint density at radius 2 is 1.30 bits per heavy atom. The molecular weight excluding hydrogens is 388 g/mol. The zero-order chi connectivity index (χ0) is 22.7. The van der Waals surface area contributed by atoms with Crippen LogP contribution in [0, 0.1) is 6.92 Å². The normalized spacial score (nSPS) is 13.7. The molecule has 1 unspecified atom stereocenters. The molecule has 0 N–H and O–H groups in total. The van der Waals surface area contributed by atoms with E-state index in [1.54, 1.807) is 12.1 Å². The van der Waals surface area contributed by atoms with Crippen LogP contribution < -0.4 is 0 Å². The lowest BCUT2D eigenvalue weighted by Crippen LogP contribution is -2.19. The highest BCUT2D eigenvalue weighted by atomic mass is 32.2. The van der Waals surface area contributed by atoms with Crippen LogP contribution in [0.5, 0.6) is 0 Å². The third-order valence-corrected chi connectivity index (χ3v) is 7.15.